The van der Waals surface area contributed by atoms with E-state index in [1.165, 1.54) is 0 Å². The molecule has 0 radical (unpaired) electrons. The smallest absolute Gasteiger partial charge is 0.237 e. The van der Waals surface area contributed by atoms with Crippen molar-refractivity contribution in [2.45, 2.75) is 32.5 Å². The van der Waals surface area contributed by atoms with Crippen molar-refractivity contribution in [2.75, 3.05) is 27.3 Å². The van der Waals surface area contributed by atoms with Crippen LogP contribution in [0.25, 0.3) is 0 Å². The van der Waals surface area contributed by atoms with E-state index < -0.39 is 6.04 Å². The van der Waals surface area contributed by atoms with Crippen molar-refractivity contribution in [1.82, 2.24) is 15.5 Å². The summed E-state index contributed by atoms with van der Waals surface area (Å²) in [5, 5.41) is 5.71. The Bertz CT molecular complexity index is 864. The maximum Gasteiger partial charge on any atom is 0.237 e. The molecule has 0 saturated carbocycles. The van der Waals surface area contributed by atoms with E-state index in [1.807, 2.05) is 36.1 Å². The first kappa shape index (κ1) is 20.7. The summed E-state index contributed by atoms with van der Waals surface area (Å²) in [6.45, 7) is 3.86. The van der Waals surface area contributed by atoms with Crippen LogP contribution >= 0.6 is 0 Å². The van der Waals surface area contributed by atoms with Crippen LogP contribution in [-0.4, -0.2) is 50.1 Å². The number of benzene rings is 1. The van der Waals surface area contributed by atoms with Crippen LogP contribution in [0.1, 0.15) is 23.5 Å². The lowest BCUT2D eigenvalue weighted by atomic mass is 10.1. The van der Waals surface area contributed by atoms with Gasteiger partial charge in [-0.2, -0.15) is 0 Å². The van der Waals surface area contributed by atoms with Gasteiger partial charge in [0, 0.05) is 25.2 Å². The van der Waals surface area contributed by atoms with Crippen LogP contribution < -0.4 is 20.1 Å². The molecule has 29 heavy (non-hydrogen) atoms. The third-order valence-corrected chi connectivity index (χ3v) is 4.94. The van der Waals surface area contributed by atoms with Crippen LogP contribution in [0.5, 0.6) is 11.5 Å². The zero-order valence-corrected chi connectivity index (χ0v) is 17.0. The first-order valence-corrected chi connectivity index (χ1v) is 9.55. The molecule has 156 valence electrons. The van der Waals surface area contributed by atoms with E-state index in [0.29, 0.717) is 31.1 Å². The van der Waals surface area contributed by atoms with Gasteiger partial charge in [0.1, 0.15) is 11.5 Å². The minimum Gasteiger partial charge on any atom is -0.493 e. The molecular weight excluding hydrogens is 374 g/mol. The highest BCUT2D eigenvalue weighted by Crippen LogP contribution is 2.30. The molecule has 2 N–H and O–H groups in total. The van der Waals surface area contributed by atoms with Crippen LogP contribution in [0.3, 0.4) is 0 Å². The second kappa shape index (κ2) is 9.47. The Morgan fingerprint density at radius 2 is 2.10 bits per heavy atom. The quantitative estimate of drug-likeness (QED) is 0.698. The van der Waals surface area contributed by atoms with Gasteiger partial charge in [0.2, 0.25) is 11.8 Å². The summed E-state index contributed by atoms with van der Waals surface area (Å²) in [4.78, 5) is 26.9. The summed E-state index contributed by atoms with van der Waals surface area (Å²) in [5.74, 6) is 2.43. The lowest BCUT2D eigenvalue weighted by molar-refractivity contribution is -0.134. The summed E-state index contributed by atoms with van der Waals surface area (Å²) in [5.41, 5.74) is 0.802. The molecule has 0 spiro atoms. The summed E-state index contributed by atoms with van der Waals surface area (Å²) in [6, 6.07) is 8.74. The number of ether oxygens (including phenoxy) is 2. The van der Waals surface area contributed by atoms with Crippen LogP contribution in [0.15, 0.2) is 34.7 Å². The SMILES string of the molecule is COc1cccc(CNC(=O)C[C@H]2C(=O)NCCN2Cc2ccc(C)o2)c1OC. The zero-order chi connectivity index (χ0) is 20.8. The van der Waals surface area contributed by atoms with Crippen molar-refractivity contribution in [3.05, 3.63) is 47.4 Å². The Hall–Kier alpha value is -3.00. The third-order valence-electron chi connectivity index (χ3n) is 4.94. The lowest BCUT2D eigenvalue weighted by Crippen LogP contribution is -2.56. The van der Waals surface area contributed by atoms with Crippen LogP contribution in [0.4, 0.5) is 0 Å². The molecule has 8 nitrogen and oxygen atoms in total. The number of methoxy groups -OCH3 is 2. The minimum atomic E-state index is -0.540. The van der Waals surface area contributed by atoms with Crippen LogP contribution in [0.2, 0.25) is 0 Å². The van der Waals surface area contributed by atoms with E-state index in [9.17, 15) is 9.59 Å². The number of furan rings is 1. The molecule has 0 unspecified atom stereocenters. The highest BCUT2D eigenvalue weighted by molar-refractivity contribution is 5.88. The first-order chi connectivity index (χ1) is 14.0. The molecule has 1 aromatic carbocycles. The Balaban J connectivity index is 1.62. The average molecular weight is 401 g/mol. The number of piperazine rings is 1. The number of nitrogens with one attached hydrogen (secondary N) is 2. The molecule has 2 heterocycles. The Morgan fingerprint density at radius 3 is 2.79 bits per heavy atom. The number of amides is 2. The second-order valence-electron chi connectivity index (χ2n) is 6.92. The average Bonchev–Trinajstić information content (AvgIpc) is 3.13. The molecule has 1 aliphatic rings. The van der Waals surface area contributed by atoms with Gasteiger partial charge in [-0.15, -0.1) is 0 Å². The monoisotopic (exact) mass is 401 g/mol. The van der Waals surface area contributed by atoms with E-state index in [1.54, 1.807) is 20.3 Å². The third kappa shape index (κ3) is 5.08. The molecule has 3 rings (SSSR count). The highest BCUT2D eigenvalue weighted by atomic mass is 16.5. The number of para-hydroxylation sites is 1. The summed E-state index contributed by atoms with van der Waals surface area (Å²) >= 11 is 0. The van der Waals surface area contributed by atoms with Crippen molar-refractivity contribution < 1.29 is 23.5 Å². The normalized spacial score (nSPS) is 16.9. The van der Waals surface area contributed by atoms with E-state index in [-0.39, 0.29) is 24.8 Å². The molecule has 1 atom stereocenters. The lowest BCUT2D eigenvalue weighted by Gasteiger charge is -2.34. The number of carbonyl (C=O) groups is 2. The number of aryl methyl sites for hydroxylation is 1. The van der Waals surface area contributed by atoms with Crippen molar-refractivity contribution in [3.63, 3.8) is 0 Å². The van der Waals surface area contributed by atoms with Gasteiger partial charge in [-0.25, -0.2) is 0 Å². The van der Waals surface area contributed by atoms with E-state index in [4.69, 9.17) is 13.9 Å². The number of rotatable bonds is 8. The number of hydrogen-bond donors (Lipinski definition) is 2. The van der Waals surface area contributed by atoms with Gasteiger partial charge in [0.25, 0.3) is 0 Å². The van der Waals surface area contributed by atoms with Crippen molar-refractivity contribution in [2.24, 2.45) is 0 Å². The first-order valence-electron chi connectivity index (χ1n) is 9.55. The number of hydrogen-bond acceptors (Lipinski definition) is 6. The van der Waals surface area contributed by atoms with E-state index in [2.05, 4.69) is 10.6 Å². The van der Waals surface area contributed by atoms with E-state index >= 15 is 0 Å². The second-order valence-corrected chi connectivity index (χ2v) is 6.92. The molecule has 1 aromatic heterocycles. The molecule has 1 saturated heterocycles. The molecule has 2 aromatic rings. The molecule has 1 fully saturated rings. The highest BCUT2D eigenvalue weighted by Gasteiger charge is 2.32. The molecule has 2 amide bonds. The van der Waals surface area contributed by atoms with Gasteiger partial charge in [-0.05, 0) is 25.1 Å². The van der Waals surface area contributed by atoms with E-state index in [0.717, 1.165) is 17.1 Å². The Morgan fingerprint density at radius 1 is 1.28 bits per heavy atom. The van der Waals surface area contributed by atoms with Gasteiger partial charge < -0.3 is 24.5 Å². The largest absolute Gasteiger partial charge is 0.493 e. The number of carbonyl (C=O) groups excluding carboxylic acids is 2. The van der Waals surface area contributed by atoms with Crippen molar-refractivity contribution in [3.8, 4) is 11.5 Å². The number of nitrogens with zero attached hydrogens (tertiary/aromatic N) is 1. The molecule has 1 aliphatic heterocycles. The van der Waals surface area contributed by atoms with Gasteiger partial charge in [-0.3, -0.25) is 14.5 Å². The molecule has 0 bridgehead atoms. The van der Waals surface area contributed by atoms with Crippen LogP contribution in [0, 0.1) is 6.92 Å². The van der Waals surface area contributed by atoms with Crippen molar-refractivity contribution >= 4 is 11.8 Å². The summed E-state index contributed by atoms with van der Waals surface area (Å²) in [6.07, 6.45) is 0.0673. The van der Waals surface area contributed by atoms with Crippen molar-refractivity contribution in [1.29, 1.82) is 0 Å². The maximum absolute atomic E-state index is 12.6. The molecule has 8 heteroatoms. The Labute approximate surface area is 170 Å². The fourth-order valence-electron chi connectivity index (χ4n) is 3.48. The summed E-state index contributed by atoms with van der Waals surface area (Å²) in [7, 11) is 3.13. The Kier molecular flexibility index (Phi) is 6.77. The van der Waals surface area contributed by atoms with Gasteiger partial charge in [-0.1, -0.05) is 12.1 Å². The summed E-state index contributed by atoms with van der Waals surface area (Å²) < 4.78 is 16.3. The predicted molar refractivity (Wildman–Crippen MR) is 107 cm³/mol. The fraction of sp³-hybridized carbons (Fsp3) is 0.429. The minimum absolute atomic E-state index is 0.0673. The van der Waals surface area contributed by atoms with Crippen LogP contribution in [-0.2, 0) is 22.7 Å². The zero-order valence-electron chi connectivity index (χ0n) is 17.0. The molecular formula is C21H27N3O5. The standard InChI is InChI=1S/C21H27N3O5/c1-14-7-8-16(29-14)13-24-10-9-22-21(26)17(24)11-19(25)23-12-15-5-4-6-18(27-2)20(15)28-3/h4-8,17H,9-13H2,1-3H3,(H,22,26)(H,23,25)/t17-/m0/s1. The molecule has 0 aliphatic carbocycles. The fourth-order valence-corrected chi connectivity index (χ4v) is 3.48. The van der Waals surface area contributed by atoms with Gasteiger partial charge in [0.05, 0.1) is 33.2 Å². The predicted octanol–water partition coefficient (Wildman–Crippen LogP) is 1.61. The van der Waals surface area contributed by atoms with Gasteiger partial charge >= 0.3 is 0 Å². The van der Waals surface area contributed by atoms with Gasteiger partial charge in [0.15, 0.2) is 11.5 Å². The maximum atomic E-state index is 12.6. The topological polar surface area (TPSA) is 93.0 Å².